The zero-order valence-corrected chi connectivity index (χ0v) is 14.7. The van der Waals surface area contributed by atoms with Crippen molar-refractivity contribution in [1.29, 1.82) is 0 Å². The van der Waals surface area contributed by atoms with Crippen LogP contribution in [-0.2, 0) is 4.74 Å². The number of rotatable bonds is 5. The van der Waals surface area contributed by atoms with Crippen molar-refractivity contribution < 1.29 is 14.3 Å². The maximum atomic E-state index is 12.4. The maximum Gasteiger partial charge on any atom is 0.339 e. The molecule has 1 amide bonds. The molecule has 1 N–H and O–H groups in total. The number of ether oxygens (including phenoxy) is 1. The highest BCUT2D eigenvalue weighted by Crippen LogP contribution is 2.17. The molecule has 136 valence electrons. The van der Waals surface area contributed by atoms with Gasteiger partial charge in [-0.1, -0.05) is 0 Å². The number of carbonyl (C=O) groups is 2. The van der Waals surface area contributed by atoms with Gasteiger partial charge in [0.2, 0.25) is 0 Å². The fourth-order valence-corrected chi connectivity index (χ4v) is 2.93. The number of carbonyl (C=O) groups excluding carboxylic acids is 2. The highest BCUT2D eigenvalue weighted by atomic mass is 16.5. The number of pyridine rings is 2. The zero-order valence-electron chi connectivity index (χ0n) is 14.7. The lowest BCUT2D eigenvalue weighted by Crippen LogP contribution is -2.42. The van der Waals surface area contributed by atoms with Gasteiger partial charge < -0.3 is 15.0 Å². The normalized spacial score (nSPS) is 14.7. The number of esters is 1. The predicted molar refractivity (Wildman–Crippen MR) is 97.0 cm³/mol. The van der Waals surface area contributed by atoms with E-state index in [1.54, 1.807) is 43.6 Å². The molecule has 7 heteroatoms. The van der Waals surface area contributed by atoms with E-state index in [1.165, 1.54) is 6.20 Å². The van der Waals surface area contributed by atoms with Crippen LogP contribution in [0.4, 0.5) is 5.82 Å². The summed E-state index contributed by atoms with van der Waals surface area (Å²) in [6.45, 7) is 3.50. The van der Waals surface area contributed by atoms with Gasteiger partial charge in [0.25, 0.3) is 5.91 Å². The summed E-state index contributed by atoms with van der Waals surface area (Å²) in [6.07, 6.45) is 6.47. The molecule has 0 bridgehead atoms. The molecule has 2 aromatic heterocycles. The minimum atomic E-state index is -0.366. The van der Waals surface area contributed by atoms with Crippen LogP contribution in [0, 0.1) is 0 Å². The van der Waals surface area contributed by atoms with Crippen molar-refractivity contribution in [1.82, 2.24) is 14.9 Å². The second-order valence-corrected chi connectivity index (χ2v) is 6.10. The van der Waals surface area contributed by atoms with E-state index in [0.717, 1.165) is 18.7 Å². The summed E-state index contributed by atoms with van der Waals surface area (Å²) >= 11 is 0. The van der Waals surface area contributed by atoms with Gasteiger partial charge in [-0.3, -0.25) is 9.78 Å². The van der Waals surface area contributed by atoms with Gasteiger partial charge in [0.1, 0.15) is 5.82 Å². The molecule has 0 atom stereocenters. The van der Waals surface area contributed by atoms with Gasteiger partial charge in [-0.2, -0.15) is 0 Å². The summed E-state index contributed by atoms with van der Waals surface area (Å²) in [5.41, 5.74) is 1.11. The van der Waals surface area contributed by atoms with Gasteiger partial charge in [0.15, 0.2) is 0 Å². The lowest BCUT2D eigenvalue weighted by molar-refractivity contribution is 0.0525. The van der Waals surface area contributed by atoms with Crippen LogP contribution in [0.2, 0.25) is 0 Å². The third-order valence-corrected chi connectivity index (χ3v) is 4.34. The quantitative estimate of drug-likeness (QED) is 0.830. The number of hydrogen-bond acceptors (Lipinski definition) is 6. The second-order valence-electron chi connectivity index (χ2n) is 6.10. The first-order valence-corrected chi connectivity index (χ1v) is 8.76. The van der Waals surface area contributed by atoms with E-state index < -0.39 is 0 Å². The maximum absolute atomic E-state index is 12.4. The van der Waals surface area contributed by atoms with Gasteiger partial charge in [-0.05, 0) is 44.0 Å². The molecule has 1 fully saturated rings. The van der Waals surface area contributed by atoms with Gasteiger partial charge in [0, 0.05) is 43.3 Å². The van der Waals surface area contributed by atoms with Crippen molar-refractivity contribution in [3.05, 3.63) is 54.0 Å². The van der Waals surface area contributed by atoms with Crippen LogP contribution in [-0.4, -0.2) is 52.5 Å². The van der Waals surface area contributed by atoms with Crippen LogP contribution in [0.25, 0.3) is 0 Å². The fraction of sp³-hybridized carbons (Fsp3) is 0.368. The Labute approximate surface area is 152 Å². The first-order valence-electron chi connectivity index (χ1n) is 8.76. The molecule has 0 spiro atoms. The predicted octanol–water partition coefficient (Wildman–Crippen LogP) is 2.37. The summed E-state index contributed by atoms with van der Waals surface area (Å²) < 4.78 is 4.95. The molecule has 1 aliphatic rings. The summed E-state index contributed by atoms with van der Waals surface area (Å²) in [6, 6.07) is 7.21. The van der Waals surface area contributed by atoms with Crippen molar-refractivity contribution >= 4 is 17.7 Å². The number of piperidine rings is 1. The molecule has 7 nitrogen and oxygen atoms in total. The van der Waals surface area contributed by atoms with E-state index in [4.69, 9.17) is 4.74 Å². The highest BCUT2D eigenvalue weighted by Gasteiger charge is 2.23. The standard InChI is InChI=1S/C19H22N4O3/c1-2-26-19(25)15-3-4-17(21-13-15)22-16-7-11-23(12-8-16)18(24)14-5-9-20-10-6-14/h3-6,9-10,13,16H,2,7-8,11-12H2,1H3,(H,21,22). The Morgan fingerprint density at radius 1 is 1.15 bits per heavy atom. The summed E-state index contributed by atoms with van der Waals surface area (Å²) in [7, 11) is 0. The van der Waals surface area contributed by atoms with E-state index in [1.807, 2.05) is 4.90 Å². The Morgan fingerprint density at radius 3 is 2.50 bits per heavy atom. The van der Waals surface area contributed by atoms with E-state index >= 15 is 0 Å². The number of nitrogens with zero attached hydrogens (tertiary/aromatic N) is 3. The monoisotopic (exact) mass is 354 g/mol. The van der Waals surface area contributed by atoms with Gasteiger partial charge in [-0.15, -0.1) is 0 Å². The molecule has 0 aliphatic carbocycles. The van der Waals surface area contributed by atoms with Gasteiger partial charge in [-0.25, -0.2) is 9.78 Å². The number of hydrogen-bond donors (Lipinski definition) is 1. The minimum Gasteiger partial charge on any atom is -0.462 e. The SMILES string of the molecule is CCOC(=O)c1ccc(NC2CCN(C(=O)c3ccncc3)CC2)nc1. The molecule has 0 unspecified atom stereocenters. The smallest absolute Gasteiger partial charge is 0.339 e. The summed E-state index contributed by atoms with van der Waals surface area (Å²) in [5.74, 6) is 0.397. The van der Waals surface area contributed by atoms with Crippen LogP contribution in [0.3, 0.4) is 0 Å². The van der Waals surface area contributed by atoms with Crippen LogP contribution < -0.4 is 5.32 Å². The summed E-state index contributed by atoms with van der Waals surface area (Å²) in [4.78, 5) is 34.2. The average molecular weight is 354 g/mol. The Hall–Kier alpha value is -2.96. The lowest BCUT2D eigenvalue weighted by atomic mass is 10.0. The molecular formula is C19H22N4O3. The van der Waals surface area contributed by atoms with Crippen molar-refractivity contribution in [3.8, 4) is 0 Å². The largest absolute Gasteiger partial charge is 0.462 e. The molecule has 0 saturated carbocycles. The third kappa shape index (κ3) is 4.36. The number of amides is 1. The average Bonchev–Trinajstić information content (AvgIpc) is 2.69. The molecule has 0 aromatic carbocycles. The van der Waals surface area contributed by atoms with Crippen molar-refractivity contribution in [3.63, 3.8) is 0 Å². The third-order valence-electron chi connectivity index (χ3n) is 4.34. The van der Waals surface area contributed by atoms with Crippen molar-refractivity contribution in [2.45, 2.75) is 25.8 Å². The number of nitrogens with one attached hydrogen (secondary N) is 1. The van der Waals surface area contributed by atoms with Crippen LogP contribution in [0.15, 0.2) is 42.9 Å². The first-order chi connectivity index (χ1) is 12.7. The highest BCUT2D eigenvalue weighted by molar-refractivity contribution is 5.94. The fourth-order valence-electron chi connectivity index (χ4n) is 2.93. The molecule has 3 rings (SSSR count). The Balaban J connectivity index is 1.51. The van der Waals surface area contributed by atoms with Gasteiger partial charge in [0.05, 0.1) is 12.2 Å². The molecule has 1 saturated heterocycles. The van der Waals surface area contributed by atoms with Crippen molar-refractivity contribution in [2.75, 3.05) is 25.0 Å². The Bertz CT molecular complexity index is 741. The zero-order chi connectivity index (χ0) is 18.4. The van der Waals surface area contributed by atoms with Gasteiger partial charge >= 0.3 is 5.97 Å². The Kier molecular flexibility index (Phi) is 5.78. The van der Waals surface area contributed by atoms with E-state index in [0.29, 0.717) is 30.8 Å². The number of aromatic nitrogens is 2. The minimum absolute atomic E-state index is 0.0442. The first kappa shape index (κ1) is 17.8. The molecule has 1 aliphatic heterocycles. The molecular weight excluding hydrogens is 332 g/mol. The molecule has 2 aromatic rings. The van der Waals surface area contributed by atoms with E-state index in [-0.39, 0.29) is 17.9 Å². The van der Waals surface area contributed by atoms with Crippen LogP contribution in [0.1, 0.15) is 40.5 Å². The van der Waals surface area contributed by atoms with Crippen LogP contribution >= 0.6 is 0 Å². The number of likely N-dealkylation sites (tertiary alicyclic amines) is 1. The summed E-state index contributed by atoms with van der Waals surface area (Å²) in [5, 5.41) is 3.37. The molecule has 3 heterocycles. The van der Waals surface area contributed by atoms with Crippen LogP contribution in [0.5, 0.6) is 0 Å². The topological polar surface area (TPSA) is 84.4 Å². The number of anilines is 1. The van der Waals surface area contributed by atoms with Crippen molar-refractivity contribution in [2.24, 2.45) is 0 Å². The lowest BCUT2D eigenvalue weighted by Gasteiger charge is -2.32. The second kappa shape index (κ2) is 8.42. The molecule has 0 radical (unpaired) electrons. The molecule has 26 heavy (non-hydrogen) atoms. The van der Waals surface area contributed by atoms with E-state index in [9.17, 15) is 9.59 Å². The Morgan fingerprint density at radius 2 is 1.88 bits per heavy atom. The van der Waals surface area contributed by atoms with E-state index in [2.05, 4.69) is 15.3 Å².